The van der Waals surface area contributed by atoms with Gasteiger partial charge in [-0.15, -0.1) is 0 Å². The van der Waals surface area contributed by atoms with E-state index in [1.54, 1.807) is 7.11 Å². The lowest BCUT2D eigenvalue weighted by Gasteiger charge is -2.15. The lowest BCUT2D eigenvalue weighted by molar-refractivity contribution is 0.230. The van der Waals surface area contributed by atoms with Crippen LogP contribution in [0.5, 0.6) is 11.5 Å². The van der Waals surface area contributed by atoms with E-state index in [0.29, 0.717) is 11.7 Å². The quantitative estimate of drug-likeness (QED) is 0.766. The van der Waals surface area contributed by atoms with Crippen molar-refractivity contribution in [3.8, 4) is 11.5 Å². The van der Waals surface area contributed by atoms with E-state index in [-0.39, 0.29) is 6.10 Å². The molecule has 0 fully saturated rings. The van der Waals surface area contributed by atoms with Gasteiger partial charge in [0.15, 0.2) is 16.6 Å². The number of aryl methyl sites for hydroxylation is 1. The summed E-state index contributed by atoms with van der Waals surface area (Å²) in [7, 11) is 1.64. The van der Waals surface area contributed by atoms with Crippen LogP contribution in [0, 0.1) is 6.92 Å². The second-order valence-corrected chi connectivity index (χ2v) is 6.24. The molecule has 0 amide bonds. The first-order valence-corrected chi connectivity index (χ1v) is 8.34. The van der Waals surface area contributed by atoms with E-state index < -0.39 is 0 Å². The summed E-state index contributed by atoms with van der Waals surface area (Å²) in [5.41, 5.74) is 3.23. The summed E-state index contributed by atoms with van der Waals surface area (Å²) in [5.74, 6) is 1.47. The predicted molar refractivity (Wildman–Crippen MR) is 103 cm³/mol. The normalized spacial score (nSPS) is 10.4. The minimum Gasteiger partial charge on any atom is -0.493 e. The fourth-order valence-electron chi connectivity index (χ4n) is 2.25. The Morgan fingerprint density at radius 3 is 2.58 bits per heavy atom. The average Bonchev–Trinajstić information content (AvgIpc) is 2.53. The van der Waals surface area contributed by atoms with Crippen molar-refractivity contribution in [2.45, 2.75) is 33.4 Å². The van der Waals surface area contributed by atoms with E-state index in [4.69, 9.17) is 21.7 Å². The van der Waals surface area contributed by atoms with Gasteiger partial charge in [0.25, 0.3) is 0 Å². The van der Waals surface area contributed by atoms with E-state index in [1.807, 2.05) is 44.2 Å². The molecule has 0 unspecified atom stereocenters. The highest BCUT2D eigenvalue weighted by atomic mass is 32.1. The van der Waals surface area contributed by atoms with Crippen molar-refractivity contribution in [3.05, 3.63) is 53.6 Å². The first-order valence-electron chi connectivity index (χ1n) is 7.93. The molecule has 0 heterocycles. The zero-order chi connectivity index (χ0) is 17.5. The largest absolute Gasteiger partial charge is 0.493 e. The van der Waals surface area contributed by atoms with Gasteiger partial charge in [-0.3, -0.25) is 0 Å². The van der Waals surface area contributed by atoms with Crippen LogP contribution in [0.3, 0.4) is 0 Å². The summed E-state index contributed by atoms with van der Waals surface area (Å²) in [6.45, 7) is 6.64. The molecular formula is C19H24N2O2S. The Kier molecular flexibility index (Phi) is 6.44. The van der Waals surface area contributed by atoms with Crippen molar-refractivity contribution < 1.29 is 9.47 Å². The monoisotopic (exact) mass is 344 g/mol. The molecule has 0 aliphatic carbocycles. The molecule has 2 aromatic carbocycles. The highest BCUT2D eigenvalue weighted by Crippen LogP contribution is 2.28. The number of anilines is 1. The number of rotatable bonds is 6. The van der Waals surface area contributed by atoms with Gasteiger partial charge in [0.1, 0.15) is 0 Å². The van der Waals surface area contributed by atoms with Gasteiger partial charge in [-0.2, -0.15) is 0 Å². The molecule has 24 heavy (non-hydrogen) atoms. The van der Waals surface area contributed by atoms with E-state index in [9.17, 15) is 0 Å². The second kappa shape index (κ2) is 8.55. The Bertz CT molecular complexity index is 702. The number of hydrogen-bond donors (Lipinski definition) is 2. The Morgan fingerprint density at radius 1 is 1.12 bits per heavy atom. The molecule has 5 heteroatoms. The van der Waals surface area contributed by atoms with Crippen LogP contribution in [0.4, 0.5) is 5.69 Å². The minimum absolute atomic E-state index is 0.106. The maximum Gasteiger partial charge on any atom is 0.171 e. The molecule has 0 bridgehead atoms. The van der Waals surface area contributed by atoms with Gasteiger partial charge in [0.05, 0.1) is 13.2 Å². The van der Waals surface area contributed by atoms with Crippen molar-refractivity contribution in [2.24, 2.45) is 0 Å². The summed E-state index contributed by atoms with van der Waals surface area (Å²) in [6.07, 6.45) is 0.106. The minimum atomic E-state index is 0.106. The molecule has 0 aromatic heterocycles. The Labute approximate surface area is 149 Å². The zero-order valence-corrected chi connectivity index (χ0v) is 15.4. The molecule has 0 saturated heterocycles. The van der Waals surface area contributed by atoms with E-state index in [1.165, 1.54) is 5.56 Å². The first-order chi connectivity index (χ1) is 11.5. The highest BCUT2D eigenvalue weighted by Gasteiger charge is 2.08. The standard InChI is InChI=1S/C19H24N2O2S/c1-13(2)23-17-9-8-15(11-18(17)22-4)12-20-19(24)21-16-7-5-6-14(3)10-16/h5-11,13H,12H2,1-4H3,(H2,20,21,24). The molecule has 128 valence electrons. The SMILES string of the molecule is COc1cc(CNC(=S)Nc2cccc(C)c2)ccc1OC(C)C. The van der Waals surface area contributed by atoms with Crippen LogP contribution in [0.25, 0.3) is 0 Å². The Morgan fingerprint density at radius 2 is 1.92 bits per heavy atom. The van der Waals surface area contributed by atoms with Gasteiger partial charge in [0, 0.05) is 12.2 Å². The Balaban J connectivity index is 1.94. The number of thiocarbonyl (C=S) groups is 1. The number of hydrogen-bond acceptors (Lipinski definition) is 3. The van der Waals surface area contributed by atoms with Crippen molar-refractivity contribution in [2.75, 3.05) is 12.4 Å². The summed E-state index contributed by atoms with van der Waals surface area (Å²) < 4.78 is 11.1. The van der Waals surface area contributed by atoms with Crippen molar-refractivity contribution in [3.63, 3.8) is 0 Å². The third-order valence-electron chi connectivity index (χ3n) is 3.32. The molecule has 4 nitrogen and oxygen atoms in total. The van der Waals surface area contributed by atoms with Gasteiger partial charge in [-0.05, 0) is 68.4 Å². The molecule has 0 saturated carbocycles. The lowest BCUT2D eigenvalue weighted by Crippen LogP contribution is -2.27. The van der Waals surface area contributed by atoms with E-state index in [2.05, 4.69) is 29.7 Å². The molecule has 0 aliphatic rings. The van der Waals surface area contributed by atoms with E-state index >= 15 is 0 Å². The maximum atomic E-state index is 5.72. The van der Waals surface area contributed by atoms with Crippen LogP contribution in [0.15, 0.2) is 42.5 Å². The molecule has 2 N–H and O–H groups in total. The third kappa shape index (κ3) is 5.42. The molecule has 0 radical (unpaired) electrons. The topological polar surface area (TPSA) is 42.5 Å². The number of benzene rings is 2. The van der Waals surface area contributed by atoms with Crippen LogP contribution >= 0.6 is 12.2 Å². The summed E-state index contributed by atoms with van der Waals surface area (Å²) in [4.78, 5) is 0. The zero-order valence-electron chi connectivity index (χ0n) is 14.6. The van der Waals surface area contributed by atoms with Crippen LogP contribution in [0.1, 0.15) is 25.0 Å². The van der Waals surface area contributed by atoms with Crippen LogP contribution in [-0.2, 0) is 6.54 Å². The van der Waals surface area contributed by atoms with Gasteiger partial charge in [-0.25, -0.2) is 0 Å². The predicted octanol–water partition coefficient (Wildman–Crippen LogP) is 4.28. The average molecular weight is 344 g/mol. The number of methoxy groups -OCH3 is 1. The number of ether oxygens (including phenoxy) is 2. The molecule has 0 spiro atoms. The summed E-state index contributed by atoms with van der Waals surface area (Å²) >= 11 is 5.34. The summed E-state index contributed by atoms with van der Waals surface area (Å²) in [5, 5.41) is 6.97. The van der Waals surface area contributed by atoms with Crippen LogP contribution in [0.2, 0.25) is 0 Å². The molecular weight excluding hydrogens is 320 g/mol. The van der Waals surface area contributed by atoms with Gasteiger partial charge < -0.3 is 20.1 Å². The highest BCUT2D eigenvalue weighted by molar-refractivity contribution is 7.80. The van der Waals surface area contributed by atoms with Crippen molar-refractivity contribution >= 4 is 23.0 Å². The summed E-state index contributed by atoms with van der Waals surface area (Å²) in [6, 6.07) is 14.0. The molecule has 0 aliphatic heterocycles. The Hall–Kier alpha value is -2.27. The fourth-order valence-corrected chi connectivity index (χ4v) is 2.44. The molecule has 2 rings (SSSR count). The van der Waals surface area contributed by atoms with E-state index in [0.717, 1.165) is 22.7 Å². The van der Waals surface area contributed by atoms with Gasteiger partial charge in [0.2, 0.25) is 0 Å². The second-order valence-electron chi connectivity index (χ2n) is 5.83. The third-order valence-corrected chi connectivity index (χ3v) is 3.57. The van der Waals surface area contributed by atoms with Gasteiger partial charge >= 0.3 is 0 Å². The number of nitrogens with one attached hydrogen (secondary N) is 2. The smallest absolute Gasteiger partial charge is 0.171 e. The first kappa shape index (κ1) is 18.1. The molecule has 2 aromatic rings. The van der Waals surface area contributed by atoms with Gasteiger partial charge in [-0.1, -0.05) is 18.2 Å². The fraction of sp³-hybridized carbons (Fsp3) is 0.316. The van der Waals surface area contributed by atoms with Crippen LogP contribution in [-0.4, -0.2) is 18.3 Å². The lowest BCUT2D eigenvalue weighted by atomic mass is 10.2. The van der Waals surface area contributed by atoms with Crippen molar-refractivity contribution in [1.82, 2.24) is 5.32 Å². The maximum absolute atomic E-state index is 5.72. The molecule has 0 atom stereocenters. The van der Waals surface area contributed by atoms with Crippen molar-refractivity contribution in [1.29, 1.82) is 0 Å². The van der Waals surface area contributed by atoms with Crippen LogP contribution < -0.4 is 20.1 Å².